The van der Waals surface area contributed by atoms with E-state index in [0.29, 0.717) is 17.9 Å². The molecule has 1 heterocycles. The zero-order valence-electron chi connectivity index (χ0n) is 10.7. The quantitative estimate of drug-likeness (QED) is 0.458. The summed E-state index contributed by atoms with van der Waals surface area (Å²) >= 11 is 0. The van der Waals surface area contributed by atoms with Crippen LogP contribution in [0.15, 0.2) is 18.3 Å². The summed E-state index contributed by atoms with van der Waals surface area (Å²) in [4.78, 5) is 15.5. The average Bonchev–Trinajstić information content (AvgIpc) is 2.26. The number of ether oxygens (including phenoxy) is 1. The summed E-state index contributed by atoms with van der Waals surface area (Å²) in [5.41, 5.74) is 4.38. The Bertz CT molecular complexity index is 449. The molecule has 1 aromatic rings. The molecular weight excluding hydrogens is 230 g/mol. The molecule has 0 bridgehead atoms. The summed E-state index contributed by atoms with van der Waals surface area (Å²) in [6.45, 7) is 8.67. The lowest BCUT2D eigenvalue weighted by molar-refractivity contribution is 0.0526. The molecule has 17 heavy (non-hydrogen) atoms. The van der Waals surface area contributed by atoms with Crippen LogP contribution in [-0.4, -0.2) is 25.6 Å². The summed E-state index contributed by atoms with van der Waals surface area (Å²) in [5.74, 6) is 2.69. The molecule has 1 rings (SSSR count). The van der Waals surface area contributed by atoms with E-state index in [1.165, 1.54) is 6.20 Å². The Morgan fingerprint density at radius 3 is 2.59 bits per heavy atom. The van der Waals surface area contributed by atoms with Crippen LogP contribution in [-0.2, 0) is 4.74 Å². The lowest BCUT2D eigenvalue weighted by Crippen LogP contribution is -2.16. The summed E-state index contributed by atoms with van der Waals surface area (Å²) in [6.07, 6.45) is 1.51. The van der Waals surface area contributed by atoms with Gasteiger partial charge in [0.2, 0.25) is 0 Å². The molecule has 0 radical (unpaired) electrons. The largest absolute Gasteiger partial charge is 0.462 e. The van der Waals surface area contributed by atoms with Gasteiger partial charge >= 0.3 is 5.97 Å². The van der Waals surface area contributed by atoms with Crippen molar-refractivity contribution in [3.8, 4) is 11.5 Å². The first-order valence-corrected chi connectivity index (χ1v) is 9.09. The first-order valence-electron chi connectivity index (χ1n) is 5.59. The van der Waals surface area contributed by atoms with Gasteiger partial charge in [-0.05, 0) is 19.1 Å². The van der Waals surface area contributed by atoms with Crippen LogP contribution < -0.4 is 0 Å². The second-order valence-corrected chi connectivity index (χ2v) is 9.40. The van der Waals surface area contributed by atoms with Crippen molar-refractivity contribution in [1.82, 2.24) is 4.98 Å². The van der Waals surface area contributed by atoms with E-state index in [-0.39, 0.29) is 5.97 Å². The smallest absolute Gasteiger partial charge is 0.339 e. The zero-order valence-corrected chi connectivity index (χ0v) is 11.7. The van der Waals surface area contributed by atoms with Gasteiger partial charge in [-0.1, -0.05) is 25.6 Å². The van der Waals surface area contributed by atoms with Crippen molar-refractivity contribution in [3.05, 3.63) is 29.6 Å². The second kappa shape index (κ2) is 5.64. The van der Waals surface area contributed by atoms with Gasteiger partial charge in [0.15, 0.2) is 0 Å². The van der Waals surface area contributed by atoms with E-state index >= 15 is 0 Å². The van der Waals surface area contributed by atoms with E-state index in [1.807, 2.05) is 0 Å². The normalized spacial score (nSPS) is 10.4. The van der Waals surface area contributed by atoms with E-state index in [1.54, 1.807) is 19.1 Å². The van der Waals surface area contributed by atoms with Gasteiger partial charge in [-0.2, -0.15) is 0 Å². The highest BCUT2D eigenvalue weighted by Gasteiger charge is 2.08. The maximum atomic E-state index is 11.4. The number of pyridine rings is 1. The highest BCUT2D eigenvalue weighted by atomic mass is 28.3. The van der Waals surface area contributed by atoms with Crippen LogP contribution in [0.3, 0.4) is 0 Å². The SMILES string of the molecule is CCOC(=O)c1ccc(C#C[Si](C)(C)C)nc1. The molecule has 0 saturated heterocycles. The summed E-state index contributed by atoms with van der Waals surface area (Å²) < 4.78 is 4.87. The minimum atomic E-state index is -1.38. The Morgan fingerprint density at radius 2 is 2.12 bits per heavy atom. The third kappa shape index (κ3) is 4.83. The summed E-state index contributed by atoms with van der Waals surface area (Å²) in [5, 5.41) is 0. The lowest BCUT2D eigenvalue weighted by atomic mass is 10.2. The van der Waals surface area contributed by atoms with Crippen molar-refractivity contribution >= 4 is 14.0 Å². The number of carbonyl (C=O) groups is 1. The molecule has 0 atom stereocenters. The monoisotopic (exact) mass is 247 g/mol. The first-order chi connectivity index (χ1) is 7.92. The molecule has 0 aliphatic carbocycles. The molecule has 1 aromatic heterocycles. The van der Waals surface area contributed by atoms with Crippen LogP contribution in [0, 0.1) is 11.5 Å². The van der Waals surface area contributed by atoms with Crippen molar-refractivity contribution in [3.63, 3.8) is 0 Å². The molecule has 90 valence electrons. The van der Waals surface area contributed by atoms with Crippen molar-refractivity contribution in [2.75, 3.05) is 6.61 Å². The maximum Gasteiger partial charge on any atom is 0.339 e. The van der Waals surface area contributed by atoms with Gasteiger partial charge in [-0.25, -0.2) is 9.78 Å². The van der Waals surface area contributed by atoms with E-state index in [0.717, 1.165) is 0 Å². The average molecular weight is 247 g/mol. The van der Waals surface area contributed by atoms with Crippen LogP contribution in [0.25, 0.3) is 0 Å². The number of carbonyl (C=O) groups excluding carboxylic acids is 1. The molecule has 0 aliphatic rings. The second-order valence-electron chi connectivity index (χ2n) is 4.65. The predicted octanol–water partition coefficient (Wildman–Crippen LogP) is 2.49. The topological polar surface area (TPSA) is 39.2 Å². The third-order valence-corrected chi connectivity index (χ3v) is 2.72. The summed E-state index contributed by atoms with van der Waals surface area (Å²) in [7, 11) is -1.38. The molecule has 0 saturated carbocycles. The molecule has 0 spiro atoms. The number of hydrogen-bond acceptors (Lipinski definition) is 3. The molecule has 0 N–H and O–H groups in total. The van der Waals surface area contributed by atoms with Gasteiger partial charge in [-0.15, -0.1) is 5.54 Å². The Kier molecular flexibility index (Phi) is 4.47. The minimum absolute atomic E-state index is 0.343. The third-order valence-electron chi connectivity index (χ3n) is 1.84. The van der Waals surface area contributed by atoms with Crippen LogP contribution in [0.1, 0.15) is 23.0 Å². The molecule has 0 unspecified atom stereocenters. The number of nitrogens with zero attached hydrogens (tertiary/aromatic N) is 1. The molecule has 4 heteroatoms. The summed E-state index contributed by atoms with van der Waals surface area (Å²) in [6, 6.07) is 3.44. The fourth-order valence-corrected chi connectivity index (χ4v) is 1.56. The van der Waals surface area contributed by atoms with Gasteiger partial charge in [0.1, 0.15) is 13.8 Å². The Hall–Kier alpha value is -1.60. The van der Waals surface area contributed by atoms with E-state index in [4.69, 9.17) is 4.74 Å². The number of aromatic nitrogens is 1. The number of rotatable bonds is 2. The maximum absolute atomic E-state index is 11.4. The highest BCUT2D eigenvalue weighted by Crippen LogP contribution is 2.03. The predicted molar refractivity (Wildman–Crippen MR) is 70.4 cm³/mol. The van der Waals surface area contributed by atoms with E-state index in [2.05, 4.69) is 36.1 Å². The van der Waals surface area contributed by atoms with Crippen molar-refractivity contribution in [2.24, 2.45) is 0 Å². The molecule has 0 amide bonds. The zero-order chi connectivity index (χ0) is 12.9. The van der Waals surface area contributed by atoms with Gasteiger partial charge in [-0.3, -0.25) is 0 Å². The Balaban J connectivity index is 2.81. The highest BCUT2D eigenvalue weighted by molar-refractivity contribution is 6.83. The number of hydrogen-bond donors (Lipinski definition) is 0. The van der Waals surface area contributed by atoms with Gasteiger partial charge in [0.25, 0.3) is 0 Å². The first kappa shape index (κ1) is 13.5. The molecular formula is C13H17NO2Si. The van der Waals surface area contributed by atoms with Crippen molar-refractivity contribution in [2.45, 2.75) is 26.6 Å². The van der Waals surface area contributed by atoms with Crippen molar-refractivity contribution in [1.29, 1.82) is 0 Å². The van der Waals surface area contributed by atoms with Crippen molar-refractivity contribution < 1.29 is 9.53 Å². The Labute approximate surface area is 103 Å². The molecule has 0 fully saturated rings. The fraction of sp³-hybridized carbons (Fsp3) is 0.385. The molecule has 0 aliphatic heterocycles. The Morgan fingerprint density at radius 1 is 1.41 bits per heavy atom. The van der Waals surface area contributed by atoms with Gasteiger partial charge in [0.05, 0.1) is 12.2 Å². The van der Waals surface area contributed by atoms with Crippen LogP contribution in [0.2, 0.25) is 19.6 Å². The minimum Gasteiger partial charge on any atom is -0.462 e. The molecule has 0 aromatic carbocycles. The van der Waals surface area contributed by atoms with Crippen LogP contribution in [0.4, 0.5) is 0 Å². The van der Waals surface area contributed by atoms with Gasteiger partial charge in [0, 0.05) is 6.20 Å². The van der Waals surface area contributed by atoms with E-state index in [9.17, 15) is 4.79 Å². The van der Waals surface area contributed by atoms with Crippen LogP contribution in [0.5, 0.6) is 0 Å². The van der Waals surface area contributed by atoms with E-state index < -0.39 is 8.07 Å². The standard InChI is InChI=1S/C13H17NO2Si/c1-5-16-13(15)11-6-7-12(14-10-11)8-9-17(2,3)4/h6-7,10H,5H2,1-4H3. The number of esters is 1. The lowest BCUT2D eigenvalue weighted by Gasteiger charge is -2.03. The van der Waals surface area contributed by atoms with Crippen LogP contribution >= 0.6 is 0 Å². The molecule has 3 nitrogen and oxygen atoms in total. The van der Waals surface area contributed by atoms with Gasteiger partial charge < -0.3 is 4.74 Å². The fourth-order valence-electron chi connectivity index (χ4n) is 1.05.